The molecule has 32 heavy (non-hydrogen) atoms. The van der Waals surface area contributed by atoms with E-state index in [0.717, 1.165) is 31.3 Å². The molecule has 5 rings (SSSR count). The van der Waals surface area contributed by atoms with Gasteiger partial charge in [0.25, 0.3) is 0 Å². The smallest absolute Gasteiger partial charge is 0.141 e. The van der Waals surface area contributed by atoms with Crippen LogP contribution < -0.4 is 0 Å². The molecule has 0 aromatic heterocycles. The summed E-state index contributed by atoms with van der Waals surface area (Å²) in [4.78, 5) is 27.6. The molecule has 9 atom stereocenters. The lowest BCUT2D eigenvalue weighted by molar-refractivity contribution is -0.178. The maximum atomic E-state index is 14.3. The van der Waals surface area contributed by atoms with Crippen LogP contribution in [0.15, 0.2) is 24.3 Å². The summed E-state index contributed by atoms with van der Waals surface area (Å²) in [5, 5.41) is 0. The first-order valence-electron chi connectivity index (χ1n) is 13.2. The molecule has 0 bridgehead atoms. The summed E-state index contributed by atoms with van der Waals surface area (Å²) in [7, 11) is 0. The van der Waals surface area contributed by atoms with Gasteiger partial charge in [0.2, 0.25) is 0 Å². The second-order valence-electron chi connectivity index (χ2n) is 13.8. The number of rotatable bonds is 4. The molecule has 0 amide bonds. The van der Waals surface area contributed by atoms with Crippen molar-refractivity contribution in [3.05, 3.63) is 24.3 Å². The molecule has 5 aliphatic carbocycles. The quantitative estimate of drug-likeness (QED) is 0.437. The van der Waals surface area contributed by atoms with Gasteiger partial charge in [-0.1, -0.05) is 65.8 Å². The van der Waals surface area contributed by atoms with Crippen molar-refractivity contribution >= 4 is 11.6 Å². The largest absolute Gasteiger partial charge is 0.299 e. The fraction of sp³-hybridized carbons (Fsp3) is 0.800. The van der Waals surface area contributed by atoms with Crippen LogP contribution in [0.4, 0.5) is 0 Å². The first-order chi connectivity index (χ1) is 14.8. The number of allylic oxidation sites excluding steroid dienone is 3. The molecule has 0 heterocycles. The van der Waals surface area contributed by atoms with Gasteiger partial charge in [-0.15, -0.1) is 0 Å². The first kappa shape index (κ1) is 22.6. The molecule has 0 N–H and O–H groups in total. The highest BCUT2D eigenvalue weighted by molar-refractivity contribution is 6.04. The lowest BCUT2D eigenvalue weighted by Gasteiger charge is -2.63. The van der Waals surface area contributed by atoms with E-state index in [1.807, 2.05) is 0 Å². The SMILES string of the molecule is C=C(C)/C=C/C[C@@H](C)[C@H]1CC[C@@]2(C)[C@@H]3C(=O)[C@@H]4C(C)(C)[C@@]45C(=O)CC[C@H]5[C@]3(C)CC[C@]12C. The van der Waals surface area contributed by atoms with E-state index in [9.17, 15) is 9.59 Å². The van der Waals surface area contributed by atoms with Gasteiger partial charge in [0.1, 0.15) is 11.6 Å². The molecule has 0 saturated heterocycles. The highest BCUT2D eigenvalue weighted by Gasteiger charge is 2.88. The molecule has 2 nitrogen and oxygen atoms in total. The van der Waals surface area contributed by atoms with E-state index in [0.29, 0.717) is 35.7 Å². The first-order valence-corrected chi connectivity index (χ1v) is 13.2. The van der Waals surface area contributed by atoms with Crippen molar-refractivity contribution in [2.24, 2.45) is 56.7 Å². The van der Waals surface area contributed by atoms with Crippen LogP contribution >= 0.6 is 0 Å². The zero-order valence-electron chi connectivity index (χ0n) is 21.5. The molecule has 5 saturated carbocycles. The van der Waals surface area contributed by atoms with Gasteiger partial charge in [-0.25, -0.2) is 0 Å². The molecule has 2 heteroatoms. The van der Waals surface area contributed by atoms with Crippen LogP contribution in [0.1, 0.15) is 93.4 Å². The fourth-order valence-electron chi connectivity index (χ4n) is 10.9. The minimum Gasteiger partial charge on any atom is -0.299 e. The number of Topliss-reactive ketones (excluding diaryl/α,β-unsaturated/α-hetero) is 2. The Kier molecular flexibility index (Phi) is 4.58. The number of carbonyl (C=O) groups excluding carboxylic acids is 2. The highest BCUT2D eigenvalue weighted by Crippen LogP contribution is 2.86. The third kappa shape index (κ3) is 2.28. The maximum Gasteiger partial charge on any atom is 0.141 e. The summed E-state index contributed by atoms with van der Waals surface area (Å²) in [5.41, 5.74) is 0.865. The van der Waals surface area contributed by atoms with Crippen LogP contribution in [0.3, 0.4) is 0 Å². The van der Waals surface area contributed by atoms with E-state index in [-0.39, 0.29) is 38.9 Å². The maximum absolute atomic E-state index is 14.3. The van der Waals surface area contributed by atoms with Crippen molar-refractivity contribution in [2.75, 3.05) is 0 Å². The van der Waals surface area contributed by atoms with Crippen LogP contribution in [-0.4, -0.2) is 11.6 Å². The lowest BCUT2D eigenvalue weighted by atomic mass is 9.39. The number of fused-ring (bicyclic) bond motifs is 4. The predicted molar refractivity (Wildman–Crippen MR) is 130 cm³/mol. The summed E-state index contributed by atoms with van der Waals surface area (Å²) in [5.74, 6) is 2.64. The molecule has 1 spiro atoms. The second-order valence-corrected chi connectivity index (χ2v) is 13.8. The van der Waals surface area contributed by atoms with Crippen molar-refractivity contribution in [1.82, 2.24) is 0 Å². The van der Waals surface area contributed by atoms with Gasteiger partial charge in [-0.2, -0.15) is 0 Å². The Morgan fingerprint density at radius 2 is 1.72 bits per heavy atom. The fourth-order valence-corrected chi connectivity index (χ4v) is 10.9. The topological polar surface area (TPSA) is 34.1 Å². The van der Waals surface area contributed by atoms with Crippen molar-refractivity contribution in [3.8, 4) is 0 Å². The van der Waals surface area contributed by atoms with E-state index < -0.39 is 0 Å². The predicted octanol–water partition coefficient (Wildman–Crippen LogP) is 7.19. The van der Waals surface area contributed by atoms with Crippen LogP contribution in [0.25, 0.3) is 0 Å². The van der Waals surface area contributed by atoms with Gasteiger partial charge in [0, 0.05) is 23.7 Å². The van der Waals surface area contributed by atoms with E-state index in [1.165, 1.54) is 12.8 Å². The van der Waals surface area contributed by atoms with Crippen molar-refractivity contribution in [3.63, 3.8) is 0 Å². The van der Waals surface area contributed by atoms with Gasteiger partial charge < -0.3 is 0 Å². The van der Waals surface area contributed by atoms with Crippen molar-refractivity contribution in [2.45, 2.75) is 93.4 Å². The molecular weight excluding hydrogens is 392 g/mol. The number of hydrogen-bond donors (Lipinski definition) is 0. The normalized spacial score (nSPS) is 51.7. The molecule has 0 aliphatic heterocycles. The zero-order chi connectivity index (χ0) is 23.5. The van der Waals surface area contributed by atoms with Crippen LogP contribution in [0, 0.1) is 56.7 Å². The van der Waals surface area contributed by atoms with Crippen LogP contribution in [0.2, 0.25) is 0 Å². The Balaban J connectivity index is 1.52. The Hall–Kier alpha value is -1.18. The molecule has 0 aromatic carbocycles. The minimum absolute atomic E-state index is 0.0141. The third-order valence-electron chi connectivity index (χ3n) is 12.4. The molecule has 0 unspecified atom stereocenters. The number of carbonyl (C=O) groups is 2. The molecule has 5 aliphatic rings. The Labute approximate surface area is 195 Å². The summed E-state index contributed by atoms with van der Waals surface area (Å²) in [6, 6.07) is 0. The standard InChI is InChI=1S/C30H44O2/c1-18(2)10-9-11-19(3)20-14-15-29(8)25-23(32)24-26(4,5)30(24)21(12-13-22(30)31)27(25,6)16-17-28(20,29)7/h9-10,19-21,24-25H,1,11-17H2,2-8H3/b10-9+/t19-,20-,21+,24-,25-,27+,28-,29+,30+/m1/s1. The molecule has 176 valence electrons. The molecule has 0 radical (unpaired) electrons. The van der Waals surface area contributed by atoms with Gasteiger partial charge in [0.15, 0.2) is 0 Å². The van der Waals surface area contributed by atoms with E-state index in [4.69, 9.17) is 0 Å². The van der Waals surface area contributed by atoms with Gasteiger partial charge in [-0.3, -0.25) is 9.59 Å². The second kappa shape index (κ2) is 6.48. The van der Waals surface area contributed by atoms with E-state index in [1.54, 1.807) is 0 Å². The Bertz CT molecular complexity index is 925. The monoisotopic (exact) mass is 436 g/mol. The highest BCUT2D eigenvalue weighted by atomic mass is 16.1. The van der Waals surface area contributed by atoms with Crippen molar-refractivity contribution < 1.29 is 9.59 Å². The zero-order valence-corrected chi connectivity index (χ0v) is 21.5. The summed E-state index contributed by atoms with van der Waals surface area (Å²) in [6.45, 7) is 20.3. The minimum atomic E-state index is -0.335. The third-order valence-corrected chi connectivity index (χ3v) is 12.4. The van der Waals surface area contributed by atoms with Gasteiger partial charge in [0.05, 0.1) is 0 Å². The average Bonchev–Trinajstić information content (AvgIpc) is 2.91. The van der Waals surface area contributed by atoms with Crippen LogP contribution in [-0.2, 0) is 9.59 Å². The summed E-state index contributed by atoms with van der Waals surface area (Å²) >= 11 is 0. The lowest BCUT2D eigenvalue weighted by Crippen LogP contribution is -2.62. The molecule has 5 fully saturated rings. The average molecular weight is 437 g/mol. The van der Waals surface area contributed by atoms with Gasteiger partial charge >= 0.3 is 0 Å². The molecule has 0 aromatic rings. The van der Waals surface area contributed by atoms with Crippen LogP contribution in [0.5, 0.6) is 0 Å². The Morgan fingerprint density at radius 3 is 2.38 bits per heavy atom. The number of ketones is 2. The summed E-state index contributed by atoms with van der Waals surface area (Å²) < 4.78 is 0. The molecular formula is C30H44O2. The Morgan fingerprint density at radius 1 is 1.03 bits per heavy atom. The van der Waals surface area contributed by atoms with Crippen molar-refractivity contribution in [1.29, 1.82) is 0 Å². The van der Waals surface area contributed by atoms with Gasteiger partial charge in [-0.05, 0) is 84.9 Å². The number of hydrogen-bond acceptors (Lipinski definition) is 2. The van der Waals surface area contributed by atoms with E-state index >= 15 is 0 Å². The van der Waals surface area contributed by atoms with E-state index in [2.05, 4.69) is 67.2 Å². The summed E-state index contributed by atoms with van der Waals surface area (Å²) in [6.07, 6.45) is 12.0.